The molecule has 0 radical (unpaired) electrons. The summed E-state index contributed by atoms with van der Waals surface area (Å²) in [7, 11) is 1.82. The minimum atomic E-state index is -0.972. The van der Waals surface area contributed by atoms with Crippen LogP contribution in [-0.2, 0) is 4.79 Å². The second-order valence-electron chi connectivity index (χ2n) is 6.88. The fraction of sp³-hybridized carbons (Fsp3) is 0.611. The summed E-state index contributed by atoms with van der Waals surface area (Å²) in [6, 6.07) is 4.99. The van der Waals surface area contributed by atoms with Crippen LogP contribution in [0.1, 0.15) is 41.0 Å². The highest BCUT2D eigenvalue weighted by atomic mass is 35.5. The van der Waals surface area contributed by atoms with Gasteiger partial charge >= 0.3 is 0 Å². The maximum absolute atomic E-state index is 12.9. The second-order valence-corrected chi connectivity index (χ2v) is 7.75. The number of nitrogens with zero attached hydrogens (tertiary/aromatic N) is 1. The first-order valence-corrected chi connectivity index (χ1v) is 8.72. The third-order valence-corrected chi connectivity index (χ3v) is 4.52. The molecule has 0 fully saturated rings. The molecule has 1 aromatic rings. The zero-order chi connectivity index (χ0) is 17.8. The Morgan fingerprint density at radius 2 is 1.70 bits per heavy atom. The van der Waals surface area contributed by atoms with Crippen molar-refractivity contribution >= 4 is 29.1 Å². The lowest BCUT2D eigenvalue weighted by atomic mass is 9.90. The third kappa shape index (κ3) is 5.58. The van der Waals surface area contributed by atoms with E-state index in [1.165, 1.54) is 0 Å². The van der Waals surface area contributed by atoms with Crippen molar-refractivity contribution in [3.05, 3.63) is 28.2 Å². The van der Waals surface area contributed by atoms with Gasteiger partial charge < -0.3 is 9.64 Å². The molecule has 1 aromatic carbocycles. The summed E-state index contributed by atoms with van der Waals surface area (Å²) < 4.78 is 6.05. The summed E-state index contributed by atoms with van der Waals surface area (Å²) in [5, 5.41) is 0.971. The average Bonchev–Trinajstić information content (AvgIpc) is 2.42. The van der Waals surface area contributed by atoms with Crippen LogP contribution in [0.2, 0.25) is 10.0 Å². The van der Waals surface area contributed by atoms with Crippen LogP contribution in [-0.4, -0.2) is 30.0 Å². The number of benzene rings is 1. The molecule has 0 saturated heterocycles. The Morgan fingerprint density at radius 3 is 2.13 bits per heavy atom. The van der Waals surface area contributed by atoms with Gasteiger partial charge in [0, 0.05) is 29.6 Å². The topological polar surface area (TPSA) is 29.5 Å². The van der Waals surface area contributed by atoms with Crippen molar-refractivity contribution in [2.24, 2.45) is 11.8 Å². The second kappa shape index (κ2) is 8.25. The maximum atomic E-state index is 12.9. The lowest BCUT2D eigenvalue weighted by Gasteiger charge is -2.36. The molecule has 0 spiro atoms. The van der Waals surface area contributed by atoms with Crippen LogP contribution >= 0.6 is 23.2 Å². The molecule has 23 heavy (non-hydrogen) atoms. The largest absolute Gasteiger partial charge is 0.477 e. The number of amides is 1. The highest BCUT2D eigenvalue weighted by molar-refractivity contribution is 6.34. The molecule has 0 bridgehead atoms. The Kier molecular flexibility index (Phi) is 7.22. The van der Waals surface area contributed by atoms with Gasteiger partial charge in [-0.3, -0.25) is 4.79 Å². The first kappa shape index (κ1) is 20.1. The van der Waals surface area contributed by atoms with Crippen LogP contribution in [0.25, 0.3) is 0 Å². The smallest absolute Gasteiger partial charge is 0.266 e. The SMILES string of the molecule is CC(C)CCN(C)C(=O)C(C)(Oc1cc(Cl)cc(Cl)c1)C(C)C. The normalized spacial score (nSPS) is 14.0. The zero-order valence-electron chi connectivity index (χ0n) is 14.8. The molecule has 130 valence electrons. The number of hydrogen-bond donors (Lipinski definition) is 0. The molecule has 0 N–H and O–H groups in total. The summed E-state index contributed by atoms with van der Waals surface area (Å²) in [6.07, 6.45) is 0.958. The lowest BCUT2D eigenvalue weighted by molar-refractivity contribution is -0.149. The van der Waals surface area contributed by atoms with Crippen LogP contribution in [0.3, 0.4) is 0 Å². The van der Waals surface area contributed by atoms with Gasteiger partial charge in [-0.2, -0.15) is 0 Å². The van der Waals surface area contributed by atoms with E-state index in [9.17, 15) is 4.79 Å². The minimum Gasteiger partial charge on any atom is -0.477 e. The number of carbonyl (C=O) groups is 1. The molecule has 0 aromatic heterocycles. The fourth-order valence-electron chi connectivity index (χ4n) is 2.17. The van der Waals surface area contributed by atoms with E-state index in [4.69, 9.17) is 27.9 Å². The van der Waals surface area contributed by atoms with Gasteiger partial charge in [-0.1, -0.05) is 50.9 Å². The lowest BCUT2D eigenvalue weighted by Crippen LogP contribution is -2.53. The van der Waals surface area contributed by atoms with Gasteiger partial charge in [0.25, 0.3) is 5.91 Å². The molecule has 1 unspecified atom stereocenters. The van der Waals surface area contributed by atoms with Gasteiger partial charge in [0.15, 0.2) is 5.60 Å². The molecule has 0 aliphatic rings. The minimum absolute atomic E-state index is 0.00532. The van der Waals surface area contributed by atoms with Gasteiger partial charge in [-0.25, -0.2) is 0 Å². The molecular weight excluding hydrogens is 333 g/mol. The Labute approximate surface area is 149 Å². The third-order valence-electron chi connectivity index (χ3n) is 4.08. The molecular formula is C18H27Cl2NO2. The van der Waals surface area contributed by atoms with Gasteiger partial charge in [0.05, 0.1) is 0 Å². The Hall–Kier alpha value is -0.930. The van der Waals surface area contributed by atoms with E-state index in [1.807, 2.05) is 27.8 Å². The number of carbonyl (C=O) groups excluding carboxylic acids is 1. The number of rotatable bonds is 7. The number of hydrogen-bond acceptors (Lipinski definition) is 2. The van der Waals surface area contributed by atoms with Crippen LogP contribution in [0.4, 0.5) is 0 Å². The molecule has 5 heteroatoms. The fourth-order valence-corrected chi connectivity index (χ4v) is 2.68. The molecule has 1 atom stereocenters. The summed E-state index contributed by atoms with van der Waals surface area (Å²) in [5.41, 5.74) is -0.972. The van der Waals surface area contributed by atoms with E-state index < -0.39 is 5.60 Å². The first-order valence-electron chi connectivity index (χ1n) is 7.97. The van der Waals surface area contributed by atoms with Gasteiger partial charge in [-0.15, -0.1) is 0 Å². The van der Waals surface area contributed by atoms with Crippen molar-refractivity contribution in [3.63, 3.8) is 0 Å². The molecule has 1 amide bonds. The van der Waals surface area contributed by atoms with E-state index in [2.05, 4.69) is 13.8 Å². The molecule has 0 saturated carbocycles. The molecule has 3 nitrogen and oxygen atoms in total. The van der Waals surface area contributed by atoms with E-state index in [0.29, 0.717) is 28.3 Å². The van der Waals surface area contributed by atoms with E-state index in [0.717, 1.165) is 6.42 Å². The predicted octanol–water partition coefficient (Wildman–Crippen LogP) is 5.29. The average molecular weight is 360 g/mol. The van der Waals surface area contributed by atoms with Crippen LogP contribution in [0.5, 0.6) is 5.75 Å². The summed E-state index contributed by atoms with van der Waals surface area (Å²) >= 11 is 12.1. The summed E-state index contributed by atoms with van der Waals surface area (Å²) in [6.45, 7) is 10.8. The Balaban J connectivity index is 2.99. The molecule has 0 aliphatic carbocycles. The van der Waals surface area contributed by atoms with Crippen molar-refractivity contribution < 1.29 is 9.53 Å². The van der Waals surface area contributed by atoms with Crippen molar-refractivity contribution in [1.29, 1.82) is 0 Å². The van der Waals surface area contributed by atoms with Crippen LogP contribution in [0, 0.1) is 11.8 Å². The summed E-state index contributed by atoms with van der Waals surface area (Å²) in [4.78, 5) is 14.7. The molecule has 0 heterocycles. The standard InChI is InChI=1S/C18H27Cl2NO2/c1-12(2)7-8-21(6)17(22)18(5,13(3)4)23-16-10-14(19)9-15(20)11-16/h9-13H,7-8H2,1-6H3. The highest BCUT2D eigenvalue weighted by Gasteiger charge is 2.41. The number of halogens is 2. The molecule has 1 rings (SSSR count). The zero-order valence-corrected chi connectivity index (χ0v) is 16.3. The molecule has 0 aliphatic heterocycles. The van der Waals surface area contributed by atoms with Crippen molar-refractivity contribution in [1.82, 2.24) is 4.90 Å². The van der Waals surface area contributed by atoms with Crippen molar-refractivity contribution in [2.45, 2.75) is 46.6 Å². The summed E-state index contributed by atoms with van der Waals surface area (Å²) in [5.74, 6) is 1.01. The number of likely N-dealkylation sites (N-methyl/N-ethyl adjacent to an activating group) is 1. The Morgan fingerprint density at radius 1 is 1.17 bits per heavy atom. The van der Waals surface area contributed by atoms with E-state index in [-0.39, 0.29) is 11.8 Å². The maximum Gasteiger partial charge on any atom is 0.266 e. The van der Waals surface area contributed by atoms with E-state index in [1.54, 1.807) is 23.1 Å². The monoisotopic (exact) mass is 359 g/mol. The predicted molar refractivity (Wildman–Crippen MR) is 97.4 cm³/mol. The highest BCUT2D eigenvalue weighted by Crippen LogP contribution is 2.31. The van der Waals surface area contributed by atoms with Gasteiger partial charge in [0.2, 0.25) is 0 Å². The van der Waals surface area contributed by atoms with Crippen molar-refractivity contribution in [2.75, 3.05) is 13.6 Å². The van der Waals surface area contributed by atoms with E-state index >= 15 is 0 Å². The van der Waals surface area contributed by atoms with Crippen LogP contribution < -0.4 is 4.74 Å². The van der Waals surface area contributed by atoms with Crippen molar-refractivity contribution in [3.8, 4) is 5.75 Å². The quantitative estimate of drug-likeness (QED) is 0.661. The Bertz CT molecular complexity index is 526. The van der Waals surface area contributed by atoms with Gasteiger partial charge in [0.1, 0.15) is 5.75 Å². The first-order chi connectivity index (χ1) is 10.6. The van der Waals surface area contributed by atoms with Crippen LogP contribution in [0.15, 0.2) is 18.2 Å². The van der Waals surface area contributed by atoms with Gasteiger partial charge in [-0.05, 0) is 37.5 Å². The number of ether oxygens (including phenoxy) is 1.